The molecule has 4 rings (SSSR count). The smallest absolute Gasteiger partial charge is 0.343 e. The van der Waals surface area contributed by atoms with Crippen molar-refractivity contribution in [2.24, 2.45) is 5.92 Å². The van der Waals surface area contributed by atoms with E-state index in [4.69, 9.17) is 9.47 Å². The van der Waals surface area contributed by atoms with E-state index in [-0.39, 0.29) is 11.8 Å². The largest absolute Gasteiger partial charge is 0.388 e. The Labute approximate surface area is 234 Å². The molecule has 0 spiro atoms. The van der Waals surface area contributed by atoms with Gasteiger partial charge in [-0.2, -0.15) is 0 Å². The summed E-state index contributed by atoms with van der Waals surface area (Å²) < 4.78 is 10.5. The van der Waals surface area contributed by atoms with Crippen LogP contribution in [0, 0.1) is 5.92 Å². The van der Waals surface area contributed by atoms with Crippen molar-refractivity contribution in [2.45, 2.75) is 77.2 Å². The van der Waals surface area contributed by atoms with Crippen molar-refractivity contribution in [3.63, 3.8) is 0 Å². The molecule has 0 aromatic heterocycles. The highest BCUT2D eigenvalue weighted by Crippen LogP contribution is 2.29. The number of likely N-dealkylation sites (tertiary alicyclic amines) is 1. The van der Waals surface area contributed by atoms with Gasteiger partial charge in [0.2, 0.25) is 5.91 Å². The fraction of sp³-hybridized carbons (Fsp3) is 0.552. The van der Waals surface area contributed by atoms with Gasteiger partial charge < -0.3 is 29.9 Å². The van der Waals surface area contributed by atoms with Crippen LogP contribution in [0.15, 0.2) is 36.0 Å². The summed E-state index contributed by atoms with van der Waals surface area (Å²) in [5.74, 6) is -3.10. The summed E-state index contributed by atoms with van der Waals surface area (Å²) in [6.45, 7) is 6.43. The third-order valence-electron chi connectivity index (χ3n) is 7.70. The van der Waals surface area contributed by atoms with Crippen LogP contribution in [-0.2, 0) is 39.9 Å². The van der Waals surface area contributed by atoms with Crippen molar-refractivity contribution in [2.75, 3.05) is 25.0 Å². The molecule has 1 aromatic rings. The van der Waals surface area contributed by atoms with Gasteiger partial charge in [-0.3, -0.25) is 14.4 Å². The average Bonchev–Trinajstić information content (AvgIpc) is 3.61. The molecule has 3 aliphatic heterocycles. The number of epoxide rings is 1. The minimum atomic E-state index is -0.958. The zero-order chi connectivity index (χ0) is 29.0. The summed E-state index contributed by atoms with van der Waals surface area (Å²) in [6, 6.07) is 5.81. The van der Waals surface area contributed by atoms with Crippen molar-refractivity contribution in [1.82, 2.24) is 15.5 Å². The fourth-order valence-electron chi connectivity index (χ4n) is 5.14. The highest BCUT2D eigenvalue weighted by atomic mass is 16.6. The number of anilines is 1. The monoisotopic (exact) mass is 554 g/mol. The van der Waals surface area contributed by atoms with Crippen LogP contribution in [0.5, 0.6) is 0 Å². The van der Waals surface area contributed by atoms with Gasteiger partial charge in [0.1, 0.15) is 12.1 Å². The first-order valence-electron chi connectivity index (χ1n) is 14.0. The zero-order valence-corrected chi connectivity index (χ0v) is 23.5. The number of carbonyl (C=O) groups excluding carboxylic acids is 5. The van der Waals surface area contributed by atoms with Crippen LogP contribution in [0.4, 0.5) is 5.69 Å². The van der Waals surface area contributed by atoms with Crippen molar-refractivity contribution >= 4 is 35.3 Å². The highest BCUT2D eigenvalue weighted by molar-refractivity contribution is 6.01. The van der Waals surface area contributed by atoms with Crippen molar-refractivity contribution < 1.29 is 33.4 Å². The fourth-order valence-corrected chi connectivity index (χ4v) is 5.14. The van der Waals surface area contributed by atoms with E-state index >= 15 is 0 Å². The molecule has 0 saturated carbocycles. The summed E-state index contributed by atoms with van der Waals surface area (Å²) in [6.07, 6.45) is 2.42. The van der Waals surface area contributed by atoms with Gasteiger partial charge in [-0.05, 0) is 36.8 Å². The van der Waals surface area contributed by atoms with E-state index in [0.29, 0.717) is 44.3 Å². The minimum Gasteiger partial charge on any atom is -0.388 e. The molecular formula is C29H38N4O7. The van der Waals surface area contributed by atoms with E-state index in [0.717, 1.165) is 17.7 Å². The lowest BCUT2D eigenvalue weighted by atomic mass is 9.97. The lowest BCUT2D eigenvalue weighted by Gasteiger charge is -2.31. The van der Waals surface area contributed by atoms with Crippen molar-refractivity contribution in [3.05, 3.63) is 41.6 Å². The van der Waals surface area contributed by atoms with Gasteiger partial charge in [-0.1, -0.05) is 45.4 Å². The Morgan fingerprint density at radius 1 is 1.10 bits per heavy atom. The molecule has 11 nitrogen and oxygen atoms in total. The van der Waals surface area contributed by atoms with E-state index in [1.54, 1.807) is 6.20 Å². The Morgan fingerprint density at radius 3 is 2.55 bits per heavy atom. The number of hydrogen-bond acceptors (Lipinski definition) is 8. The number of para-hydroxylation sites is 1. The first-order valence-corrected chi connectivity index (χ1v) is 14.0. The summed E-state index contributed by atoms with van der Waals surface area (Å²) in [7, 11) is 1.82. The van der Waals surface area contributed by atoms with E-state index in [1.165, 1.54) is 4.90 Å². The number of hydrogen-bond donors (Lipinski definition) is 2. The molecular weight excluding hydrogens is 516 g/mol. The summed E-state index contributed by atoms with van der Waals surface area (Å²) in [5.41, 5.74) is 2.26. The molecule has 0 bridgehead atoms. The number of rotatable bonds is 10. The van der Waals surface area contributed by atoms with E-state index in [1.807, 2.05) is 57.0 Å². The molecule has 0 radical (unpaired) electrons. The molecule has 216 valence electrons. The van der Waals surface area contributed by atoms with Gasteiger partial charge >= 0.3 is 11.9 Å². The molecule has 1 unspecified atom stereocenters. The second kappa shape index (κ2) is 12.6. The molecule has 0 aliphatic carbocycles. The Bertz CT molecular complexity index is 1200. The molecule has 3 aliphatic rings. The first kappa shape index (κ1) is 29.3. The van der Waals surface area contributed by atoms with Gasteiger partial charge in [0.15, 0.2) is 12.2 Å². The van der Waals surface area contributed by atoms with E-state index in [9.17, 15) is 24.0 Å². The number of amides is 3. The number of fused-ring (bicyclic) bond motifs is 1. The number of benzene rings is 1. The third-order valence-corrected chi connectivity index (χ3v) is 7.70. The predicted octanol–water partition coefficient (Wildman–Crippen LogP) is 1.45. The maximum absolute atomic E-state index is 13.6. The van der Waals surface area contributed by atoms with Gasteiger partial charge in [0.25, 0.3) is 11.8 Å². The number of ether oxygens (including phenoxy) is 2. The van der Waals surface area contributed by atoms with Gasteiger partial charge in [-0.15, -0.1) is 0 Å². The van der Waals surface area contributed by atoms with Crippen LogP contribution < -0.4 is 15.5 Å². The maximum Gasteiger partial charge on any atom is 0.343 e. The lowest BCUT2D eigenvalue weighted by molar-refractivity contribution is -0.163. The number of nitrogens with zero attached hydrogens (tertiary/aromatic N) is 2. The molecule has 2 fully saturated rings. The number of carbonyl (C=O) groups is 5. The van der Waals surface area contributed by atoms with Gasteiger partial charge in [0.05, 0.1) is 5.57 Å². The zero-order valence-electron chi connectivity index (χ0n) is 23.5. The van der Waals surface area contributed by atoms with Crippen molar-refractivity contribution in [3.8, 4) is 0 Å². The number of nitrogens with one attached hydrogen (secondary N) is 2. The second-order valence-corrected chi connectivity index (χ2v) is 10.6. The van der Waals surface area contributed by atoms with Gasteiger partial charge in [-0.25, -0.2) is 9.59 Å². The second-order valence-electron chi connectivity index (χ2n) is 10.6. The summed E-state index contributed by atoms with van der Waals surface area (Å²) in [4.78, 5) is 67.9. The molecule has 3 amide bonds. The van der Waals surface area contributed by atoms with Crippen LogP contribution in [0.3, 0.4) is 0 Å². The Hall–Kier alpha value is -3.73. The molecule has 2 N–H and O–H groups in total. The SMILES string of the molecule is CCCNC(=O)[C@H]1OC1C(=O)N[C@H](C(=O)N1CCC[C@H]1C(=O)OC(=O)C1=CN(C)c2ccccc2C1)[C@@H](C)CC. The molecule has 11 heteroatoms. The van der Waals surface area contributed by atoms with E-state index < -0.39 is 48.0 Å². The quantitative estimate of drug-likeness (QED) is 0.252. The van der Waals surface area contributed by atoms with Crippen LogP contribution >= 0.6 is 0 Å². The van der Waals surface area contributed by atoms with E-state index in [2.05, 4.69) is 10.6 Å². The van der Waals surface area contributed by atoms with Crippen LogP contribution in [0.25, 0.3) is 0 Å². The van der Waals surface area contributed by atoms with Crippen molar-refractivity contribution in [1.29, 1.82) is 0 Å². The molecule has 40 heavy (non-hydrogen) atoms. The third kappa shape index (κ3) is 6.35. The Morgan fingerprint density at radius 2 is 1.82 bits per heavy atom. The number of esters is 2. The van der Waals surface area contributed by atoms with Gasteiger partial charge in [0, 0.05) is 38.4 Å². The Kier molecular flexibility index (Phi) is 9.24. The molecule has 2 saturated heterocycles. The Balaban J connectivity index is 1.39. The molecule has 1 aromatic carbocycles. The molecule has 3 heterocycles. The highest BCUT2D eigenvalue weighted by Gasteiger charge is 2.51. The summed E-state index contributed by atoms with van der Waals surface area (Å²) >= 11 is 0. The predicted molar refractivity (Wildman–Crippen MR) is 146 cm³/mol. The van der Waals surface area contributed by atoms with Crippen LogP contribution in [-0.4, -0.2) is 79.0 Å². The standard InChI is InChI=1S/C29H38N4O7/c1-5-13-30-25(34)23-24(39-23)26(35)31-22(17(3)6-2)27(36)33-14-9-12-21(33)29(38)40-28(37)19-15-18-10-7-8-11-20(18)32(4)16-19/h7-8,10-11,16-17,21-24H,5-6,9,12-15H2,1-4H3,(H,30,34)(H,31,35)/t17-,21-,22-,23-,24?/m0/s1. The molecule has 5 atom stereocenters. The summed E-state index contributed by atoms with van der Waals surface area (Å²) in [5, 5.41) is 5.44. The van der Waals surface area contributed by atoms with Crippen LogP contribution in [0.2, 0.25) is 0 Å². The normalized spacial score (nSPS) is 22.9. The lowest BCUT2D eigenvalue weighted by Crippen LogP contribution is -2.55. The minimum absolute atomic E-state index is 0.246. The first-order chi connectivity index (χ1) is 19.2. The van der Waals surface area contributed by atoms with Crippen LogP contribution in [0.1, 0.15) is 52.0 Å². The maximum atomic E-state index is 13.6. The average molecular weight is 555 g/mol. The topological polar surface area (TPSA) is 138 Å².